The summed E-state index contributed by atoms with van der Waals surface area (Å²) in [6.45, 7) is 3.60. The van der Waals surface area contributed by atoms with E-state index in [2.05, 4.69) is 9.69 Å². The maximum absolute atomic E-state index is 14.7. The van der Waals surface area contributed by atoms with Crippen molar-refractivity contribution >= 4 is 61.4 Å². The number of amides is 1. The fourth-order valence-corrected chi connectivity index (χ4v) is 7.28. The predicted octanol–water partition coefficient (Wildman–Crippen LogP) is 8.28. The van der Waals surface area contributed by atoms with E-state index in [9.17, 15) is 18.4 Å². The number of benzene rings is 2. The van der Waals surface area contributed by atoms with E-state index in [1.807, 2.05) is 36.4 Å². The number of carboxylic acids is 1. The number of fused-ring (bicyclic) bond motifs is 1. The second-order valence-electron chi connectivity index (χ2n) is 8.50. The number of nitrogens with zero attached hydrogens (tertiary/aromatic N) is 1. The van der Waals surface area contributed by atoms with E-state index < -0.39 is 36.2 Å². The van der Waals surface area contributed by atoms with Crippen molar-refractivity contribution in [2.75, 3.05) is 5.32 Å². The number of anilines is 1. The number of nitrogens with one attached hydrogen (secondary N) is 1. The molecule has 0 spiro atoms. The zero-order valence-electron chi connectivity index (χ0n) is 20.1. The normalized spacial score (nSPS) is 12.0. The van der Waals surface area contributed by atoms with Gasteiger partial charge in [-0.15, -0.1) is 22.7 Å². The Morgan fingerprint density at radius 3 is 2.42 bits per heavy atom. The Labute approximate surface area is 228 Å². The van der Waals surface area contributed by atoms with Crippen molar-refractivity contribution in [1.82, 2.24) is 4.37 Å². The molecule has 2 N–H and O–H groups in total. The molecule has 2 aromatic carbocycles. The molecule has 11 heteroatoms. The molecule has 38 heavy (non-hydrogen) atoms. The molecule has 3 heterocycles. The molecule has 194 valence electrons. The Balaban J connectivity index is 1.37. The van der Waals surface area contributed by atoms with Gasteiger partial charge in [0.05, 0.1) is 27.6 Å². The first kappa shape index (κ1) is 26.0. The summed E-state index contributed by atoms with van der Waals surface area (Å²) in [7, 11) is 0. The summed E-state index contributed by atoms with van der Waals surface area (Å²) in [5, 5.41) is 11.7. The van der Waals surface area contributed by atoms with E-state index in [1.54, 1.807) is 19.9 Å². The van der Waals surface area contributed by atoms with Gasteiger partial charge in [0.1, 0.15) is 17.7 Å². The summed E-state index contributed by atoms with van der Waals surface area (Å²) in [4.78, 5) is 25.7. The van der Waals surface area contributed by atoms with Crippen molar-refractivity contribution in [3.05, 3.63) is 83.1 Å². The van der Waals surface area contributed by atoms with Crippen molar-refractivity contribution in [2.45, 2.75) is 26.4 Å². The summed E-state index contributed by atoms with van der Waals surface area (Å²) in [6.07, 6.45) is -1.61. The van der Waals surface area contributed by atoms with Crippen LogP contribution >= 0.6 is 34.2 Å². The number of hydrogen-bond acceptors (Lipinski definition) is 7. The third kappa shape index (κ3) is 5.31. The molecule has 0 aliphatic heterocycles. The third-order valence-electron chi connectivity index (χ3n) is 5.82. The molecule has 0 fully saturated rings. The minimum Gasteiger partial charge on any atom is -0.481 e. The van der Waals surface area contributed by atoms with Gasteiger partial charge in [0, 0.05) is 25.4 Å². The molecular formula is C27H20F2N2O4S3. The lowest BCUT2D eigenvalue weighted by atomic mass is 10.1. The summed E-state index contributed by atoms with van der Waals surface area (Å²) in [5.74, 6) is -2.67. The molecule has 6 nitrogen and oxygen atoms in total. The van der Waals surface area contributed by atoms with Crippen LogP contribution < -0.4 is 5.32 Å². The van der Waals surface area contributed by atoms with Crippen LogP contribution in [0.25, 0.3) is 29.6 Å². The van der Waals surface area contributed by atoms with Crippen LogP contribution in [0.5, 0.6) is 0 Å². The number of carbonyl (C=O) groups excluding carboxylic acids is 1. The van der Waals surface area contributed by atoms with Gasteiger partial charge < -0.3 is 9.84 Å². The van der Waals surface area contributed by atoms with E-state index in [4.69, 9.17) is 9.84 Å². The highest BCUT2D eigenvalue weighted by atomic mass is 32.1. The van der Waals surface area contributed by atoms with E-state index in [0.29, 0.717) is 16.3 Å². The average molecular weight is 571 g/mol. The lowest BCUT2D eigenvalue weighted by Gasteiger charge is -2.14. The number of hydrogen-bond donors (Lipinski definition) is 2. The maximum atomic E-state index is 14.7. The number of thiophene rings is 2. The Morgan fingerprint density at radius 2 is 1.71 bits per heavy atom. The van der Waals surface area contributed by atoms with Gasteiger partial charge in [-0.05, 0) is 55.2 Å². The molecule has 0 saturated heterocycles. The van der Waals surface area contributed by atoms with E-state index in [-0.39, 0.29) is 11.1 Å². The molecule has 1 amide bonds. The summed E-state index contributed by atoms with van der Waals surface area (Å²) in [6, 6.07) is 15.1. The fourth-order valence-electron chi connectivity index (χ4n) is 3.92. The van der Waals surface area contributed by atoms with Crippen LogP contribution in [-0.4, -0.2) is 21.5 Å². The Morgan fingerprint density at radius 1 is 1.03 bits per heavy atom. The van der Waals surface area contributed by atoms with Gasteiger partial charge in [-0.1, -0.05) is 30.3 Å². The highest BCUT2D eigenvalue weighted by molar-refractivity contribution is 7.32. The van der Waals surface area contributed by atoms with Crippen molar-refractivity contribution in [3.63, 3.8) is 0 Å². The standard InChI is InChI=1S/C27H20F2N2O4S3/c1-13-25(30-27(34)35-14(2)15-6-4-3-5-7-15)26(38-31-13)23-12-22-21(37-23)11-20(36-22)17-10-18(28)16(8-19(17)29)9-24(32)33/h3-8,10-12,14H,9H2,1-2H3,(H,30,34)(H,32,33). The second kappa shape index (κ2) is 10.6. The highest BCUT2D eigenvalue weighted by Gasteiger charge is 2.21. The van der Waals surface area contributed by atoms with Gasteiger partial charge in [0.15, 0.2) is 0 Å². The van der Waals surface area contributed by atoms with Gasteiger partial charge in [0.2, 0.25) is 0 Å². The molecule has 1 atom stereocenters. The summed E-state index contributed by atoms with van der Waals surface area (Å²) in [5.41, 5.74) is 1.99. The van der Waals surface area contributed by atoms with Crippen molar-refractivity contribution in [1.29, 1.82) is 0 Å². The lowest BCUT2D eigenvalue weighted by Crippen LogP contribution is -2.16. The minimum atomic E-state index is -1.23. The van der Waals surface area contributed by atoms with Crippen molar-refractivity contribution < 1.29 is 28.2 Å². The number of aliphatic carboxylic acids is 1. The number of aryl methyl sites for hydroxylation is 1. The van der Waals surface area contributed by atoms with Gasteiger partial charge in [-0.25, -0.2) is 13.6 Å². The Hall–Kier alpha value is -3.67. The predicted molar refractivity (Wildman–Crippen MR) is 147 cm³/mol. The Kier molecular flexibility index (Phi) is 7.24. The average Bonchev–Trinajstić information content (AvgIpc) is 3.55. The largest absolute Gasteiger partial charge is 0.481 e. The van der Waals surface area contributed by atoms with Gasteiger partial charge in [-0.3, -0.25) is 10.1 Å². The number of aromatic nitrogens is 1. The summed E-state index contributed by atoms with van der Waals surface area (Å²) >= 11 is 4.00. The summed E-state index contributed by atoms with van der Waals surface area (Å²) < 4.78 is 40.8. The molecular weight excluding hydrogens is 551 g/mol. The number of carboxylic acid groups (broad SMARTS) is 1. The minimum absolute atomic E-state index is 0.0814. The van der Waals surface area contributed by atoms with Crippen molar-refractivity contribution in [2.24, 2.45) is 0 Å². The number of ether oxygens (including phenoxy) is 1. The van der Waals surface area contributed by atoms with Crippen LogP contribution in [0.1, 0.15) is 29.8 Å². The van der Waals surface area contributed by atoms with E-state index in [0.717, 1.165) is 36.9 Å². The topological polar surface area (TPSA) is 88.5 Å². The van der Waals surface area contributed by atoms with Crippen LogP contribution in [0.3, 0.4) is 0 Å². The van der Waals surface area contributed by atoms with Gasteiger partial charge >= 0.3 is 12.1 Å². The van der Waals surface area contributed by atoms with Crippen LogP contribution in [0, 0.1) is 18.6 Å². The smallest absolute Gasteiger partial charge is 0.412 e. The second-order valence-corrected chi connectivity index (χ2v) is 11.4. The molecule has 5 rings (SSSR count). The molecule has 5 aromatic rings. The molecule has 0 radical (unpaired) electrons. The SMILES string of the molecule is Cc1nsc(-c2cc3sc(-c4cc(F)c(CC(=O)O)cc4F)cc3s2)c1NC(=O)OC(C)c1ccccc1. The zero-order chi connectivity index (χ0) is 27.0. The first-order valence-electron chi connectivity index (χ1n) is 11.4. The monoisotopic (exact) mass is 570 g/mol. The Bertz CT molecular complexity index is 1630. The first-order chi connectivity index (χ1) is 18.2. The lowest BCUT2D eigenvalue weighted by molar-refractivity contribution is -0.136. The van der Waals surface area contributed by atoms with Crippen LogP contribution in [0.4, 0.5) is 19.3 Å². The first-order valence-corrected chi connectivity index (χ1v) is 13.8. The van der Waals surface area contributed by atoms with Crippen LogP contribution in [0.15, 0.2) is 54.6 Å². The highest BCUT2D eigenvalue weighted by Crippen LogP contribution is 2.46. The third-order valence-corrected chi connectivity index (χ3v) is 9.26. The zero-order valence-corrected chi connectivity index (χ0v) is 22.5. The van der Waals surface area contributed by atoms with Crippen LogP contribution in [-0.2, 0) is 16.0 Å². The molecule has 0 saturated carbocycles. The molecule has 1 unspecified atom stereocenters. The van der Waals surface area contributed by atoms with Gasteiger partial charge in [0.25, 0.3) is 0 Å². The van der Waals surface area contributed by atoms with E-state index in [1.165, 1.54) is 34.2 Å². The number of carbonyl (C=O) groups is 2. The maximum Gasteiger partial charge on any atom is 0.412 e. The van der Waals surface area contributed by atoms with E-state index >= 15 is 0 Å². The number of rotatable bonds is 7. The quantitative estimate of drug-likeness (QED) is 0.206. The number of halogens is 2. The molecule has 3 aromatic heterocycles. The molecule has 0 aliphatic carbocycles. The van der Waals surface area contributed by atoms with Crippen LogP contribution in [0.2, 0.25) is 0 Å². The molecule has 0 aliphatic rings. The fraction of sp³-hybridized carbons (Fsp3) is 0.148. The molecule has 0 bridgehead atoms. The van der Waals surface area contributed by atoms with Gasteiger partial charge in [-0.2, -0.15) is 4.37 Å². The van der Waals surface area contributed by atoms with Crippen molar-refractivity contribution in [3.8, 4) is 20.2 Å².